The normalized spacial score (nSPS) is 30.0. The fourth-order valence-electron chi connectivity index (χ4n) is 3.57. The number of piperidine rings is 1. The van der Waals surface area contributed by atoms with Crippen molar-refractivity contribution in [3.05, 3.63) is 17.8 Å². The van der Waals surface area contributed by atoms with E-state index in [1.807, 2.05) is 0 Å². The van der Waals surface area contributed by atoms with Gasteiger partial charge in [0.15, 0.2) is 11.7 Å². The van der Waals surface area contributed by atoms with Crippen molar-refractivity contribution < 1.29 is 10.3 Å². The van der Waals surface area contributed by atoms with Gasteiger partial charge < -0.3 is 20.9 Å². The van der Waals surface area contributed by atoms with Gasteiger partial charge in [-0.2, -0.15) is 5.10 Å². The Labute approximate surface area is 123 Å². The van der Waals surface area contributed by atoms with Gasteiger partial charge in [0.2, 0.25) is 0 Å². The molecular formula is C14H21N5O2. The lowest BCUT2D eigenvalue weighted by Crippen LogP contribution is -2.53. The number of hydrogen-bond acceptors (Lipinski definition) is 6. The molecule has 1 aromatic rings. The van der Waals surface area contributed by atoms with Crippen molar-refractivity contribution in [1.29, 1.82) is 0 Å². The molecule has 3 rings (SSSR count). The molecule has 0 spiro atoms. The molecule has 1 saturated carbocycles. The van der Waals surface area contributed by atoms with Crippen molar-refractivity contribution >= 4 is 11.7 Å². The number of aromatic nitrogens is 2. The highest BCUT2D eigenvalue weighted by Gasteiger charge is 2.43. The molecule has 21 heavy (non-hydrogen) atoms. The van der Waals surface area contributed by atoms with Crippen LogP contribution in [-0.4, -0.2) is 45.0 Å². The van der Waals surface area contributed by atoms with E-state index in [1.54, 1.807) is 6.07 Å². The summed E-state index contributed by atoms with van der Waals surface area (Å²) in [5, 5.41) is 30.8. The lowest BCUT2D eigenvalue weighted by molar-refractivity contribution is -0.0613. The highest BCUT2D eigenvalue weighted by molar-refractivity contribution is 6.01. The average molecular weight is 291 g/mol. The second-order valence-electron chi connectivity index (χ2n) is 6.00. The average Bonchev–Trinajstić information content (AvgIpc) is 2.53. The van der Waals surface area contributed by atoms with Gasteiger partial charge >= 0.3 is 0 Å². The smallest absolute Gasteiger partial charge is 0.173 e. The summed E-state index contributed by atoms with van der Waals surface area (Å²) in [5.74, 6) is 0.909. The van der Waals surface area contributed by atoms with Crippen LogP contribution in [0, 0.1) is 5.92 Å². The van der Waals surface area contributed by atoms with Gasteiger partial charge in [0.05, 0.1) is 17.4 Å². The van der Waals surface area contributed by atoms with E-state index < -0.39 is 5.60 Å². The van der Waals surface area contributed by atoms with E-state index in [9.17, 15) is 5.11 Å². The first kappa shape index (κ1) is 14.1. The van der Waals surface area contributed by atoms with Crippen molar-refractivity contribution in [3.8, 4) is 0 Å². The van der Waals surface area contributed by atoms with Crippen LogP contribution in [-0.2, 0) is 0 Å². The van der Waals surface area contributed by atoms with Crippen molar-refractivity contribution in [3.63, 3.8) is 0 Å². The van der Waals surface area contributed by atoms with Gasteiger partial charge in [-0.25, -0.2) is 0 Å². The molecule has 0 bridgehead atoms. The number of hydrogen-bond donors (Lipinski definition) is 3. The molecule has 1 aromatic heterocycles. The van der Waals surface area contributed by atoms with Gasteiger partial charge in [-0.15, -0.1) is 5.10 Å². The molecule has 1 aliphatic carbocycles. The molecule has 2 fully saturated rings. The van der Waals surface area contributed by atoms with E-state index >= 15 is 0 Å². The standard InChI is InChI=1S/C14H21N5O2/c15-12(18-21)11-4-7-16-17-13(11)19-8-6-14(20)5-2-1-3-10(14)9-19/h4,7,10,20-21H,1-3,5-6,8-9H2,(H2,15,18). The van der Waals surface area contributed by atoms with Gasteiger partial charge in [-0.3, -0.25) is 0 Å². The Bertz CT molecular complexity index is 550. The zero-order valence-corrected chi connectivity index (χ0v) is 11.9. The minimum absolute atomic E-state index is 0.0318. The van der Waals surface area contributed by atoms with Crippen LogP contribution in [0.2, 0.25) is 0 Å². The van der Waals surface area contributed by atoms with E-state index in [0.717, 1.165) is 38.6 Å². The topological polar surface area (TPSA) is 108 Å². The number of nitrogens with two attached hydrogens (primary N) is 1. The molecule has 2 aliphatic rings. The maximum Gasteiger partial charge on any atom is 0.173 e. The molecule has 0 amide bonds. The molecule has 2 heterocycles. The Morgan fingerprint density at radius 2 is 2.29 bits per heavy atom. The van der Waals surface area contributed by atoms with Crippen LogP contribution < -0.4 is 10.6 Å². The lowest BCUT2D eigenvalue weighted by atomic mass is 9.71. The largest absolute Gasteiger partial charge is 0.409 e. The molecule has 1 aliphatic heterocycles. The minimum atomic E-state index is -0.534. The van der Waals surface area contributed by atoms with Gasteiger partial charge in [0.25, 0.3) is 0 Å². The summed E-state index contributed by atoms with van der Waals surface area (Å²) in [5.41, 5.74) is 5.76. The van der Waals surface area contributed by atoms with E-state index in [0.29, 0.717) is 17.9 Å². The third-order valence-corrected chi connectivity index (χ3v) is 4.81. The van der Waals surface area contributed by atoms with Crippen molar-refractivity contribution in [2.45, 2.75) is 37.7 Å². The highest BCUT2D eigenvalue weighted by Crippen LogP contribution is 2.40. The van der Waals surface area contributed by atoms with Gasteiger partial charge in [-0.05, 0) is 25.3 Å². The maximum absolute atomic E-state index is 10.7. The summed E-state index contributed by atoms with van der Waals surface area (Å²) in [7, 11) is 0. The van der Waals surface area contributed by atoms with E-state index in [4.69, 9.17) is 10.9 Å². The Kier molecular flexibility index (Phi) is 3.67. The summed E-state index contributed by atoms with van der Waals surface area (Å²) < 4.78 is 0. The van der Waals surface area contributed by atoms with Crippen LogP contribution in [0.1, 0.15) is 37.7 Å². The van der Waals surface area contributed by atoms with Crippen molar-refractivity contribution in [2.24, 2.45) is 16.8 Å². The van der Waals surface area contributed by atoms with Crippen LogP contribution in [0.4, 0.5) is 5.82 Å². The predicted octanol–water partition coefficient (Wildman–Crippen LogP) is 0.702. The summed E-state index contributed by atoms with van der Waals surface area (Å²) in [6.07, 6.45) is 6.44. The number of fused-ring (bicyclic) bond motifs is 1. The van der Waals surface area contributed by atoms with Crippen LogP contribution >= 0.6 is 0 Å². The minimum Gasteiger partial charge on any atom is -0.409 e. The fourth-order valence-corrected chi connectivity index (χ4v) is 3.57. The molecule has 7 heteroatoms. The summed E-state index contributed by atoms with van der Waals surface area (Å²) in [6.45, 7) is 1.44. The Hall–Kier alpha value is -1.89. The van der Waals surface area contributed by atoms with Crippen LogP contribution in [0.25, 0.3) is 0 Å². The molecule has 7 nitrogen and oxygen atoms in total. The molecule has 2 unspecified atom stereocenters. The molecule has 4 N–H and O–H groups in total. The molecule has 0 aromatic carbocycles. The monoisotopic (exact) mass is 291 g/mol. The molecular weight excluding hydrogens is 270 g/mol. The third-order valence-electron chi connectivity index (χ3n) is 4.81. The van der Waals surface area contributed by atoms with E-state index in [1.165, 1.54) is 6.20 Å². The van der Waals surface area contributed by atoms with Crippen molar-refractivity contribution in [2.75, 3.05) is 18.0 Å². The van der Waals surface area contributed by atoms with E-state index in [-0.39, 0.29) is 11.8 Å². The maximum atomic E-state index is 10.7. The zero-order valence-electron chi connectivity index (χ0n) is 11.9. The number of rotatable bonds is 2. The van der Waals surface area contributed by atoms with Crippen LogP contribution in [0.15, 0.2) is 17.4 Å². The summed E-state index contributed by atoms with van der Waals surface area (Å²) >= 11 is 0. The number of nitrogens with zero attached hydrogens (tertiary/aromatic N) is 4. The number of aliphatic hydroxyl groups is 1. The van der Waals surface area contributed by atoms with Crippen LogP contribution in [0.3, 0.4) is 0 Å². The first-order valence-corrected chi connectivity index (χ1v) is 7.41. The lowest BCUT2D eigenvalue weighted by Gasteiger charge is -2.47. The molecule has 2 atom stereocenters. The molecule has 0 radical (unpaired) electrons. The first-order chi connectivity index (χ1) is 10.1. The van der Waals surface area contributed by atoms with Gasteiger partial charge in [-0.1, -0.05) is 18.0 Å². The van der Waals surface area contributed by atoms with Gasteiger partial charge in [0.1, 0.15) is 0 Å². The number of anilines is 1. The van der Waals surface area contributed by atoms with Gasteiger partial charge in [0, 0.05) is 19.0 Å². The number of amidine groups is 1. The number of oxime groups is 1. The predicted molar refractivity (Wildman–Crippen MR) is 78.3 cm³/mol. The Morgan fingerprint density at radius 1 is 1.43 bits per heavy atom. The van der Waals surface area contributed by atoms with Crippen LogP contribution in [0.5, 0.6) is 0 Å². The SMILES string of the molecule is N/C(=N/O)c1ccnnc1N1CCC2(O)CCCCC2C1. The summed E-state index contributed by atoms with van der Waals surface area (Å²) in [4.78, 5) is 2.09. The second kappa shape index (κ2) is 5.48. The summed E-state index contributed by atoms with van der Waals surface area (Å²) in [6, 6.07) is 1.69. The zero-order chi connectivity index (χ0) is 14.9. The quantitative estimate of drug-likeness (QED) is 0.320. The highest BCUT2D eigenvalue weighted by atomic mass is 16.4. The first-order valence-electron chi connectivity index (χ1n) is 7.41. The van der Waals surface area contributed by atoms with E-state index in [2.05, 4.69) is 20.3 Å². The molecule has 1 saturated heterocycles. The Balaban J connectivity index is 1.86. The second-order valence-corrected chi connectivity index (χ2v) is 6.00. The Morgan fingerprint density at radius 3 is 3.10 bits per heavy atom. The third kappa shape index (κ3) is 2.53. The van der Waals surface area contributed by atoms with Crippen molar-refractivity contribution in [1.82, 2.24) is 10.2 Å². The fraction of sp³-hybridized carbons (Fsp3) is 0.643. The molecule has 114 valence electrons.